The van der Waals surface area contributed by atoms with Crippen molar-refractivity contribution in [3.63, 3.8) is 0 Å². The molecule has 0 saturated carbocycles. The number of carbonyl (C=O) groups is 1. The molecule has 144 valence electrons. The largest absolute Gasteiger partial charge is 0.496 e. The van der Waals surface area contributed by atoms with Crippen LogP contribution in [0.4, 0.5) is 0 Å². The lowest BCUT2D eigenvalue weighted by molar-refractivity contribution is 0.0976. The summed E-state index contributed by atoms with van der Waals surface area (Å²) in [7, 11) is 3.20. The van der Waals surface area contributed by atoms with Gasteiger partial charge in [-0.3, -0.25) is 4.79 Å². The number of ether oxygens (including phenoxy) is 2. The normalized spacial score (nSPS) is 11.1. The Bertz CT molecular complexity index is 742. The van der Waals surface area contributed by atoms with E-state index in [0.29, 0.717) is 29.1 Å². The van der Waals surface area contributed by atoms with E-state index in [0.717, 1.165) is 29.6 Å². The topological polar surface area (TPSA) is 48.7 Å². The van der Waals surface area contributed by atoms with Crippen molar-refractivity contribution in [1.82, 2.24) is 0 Å². The molecule has 0 unspecified atom stereocenters. The molecular formula is C22H32O4. The number of unbranched alkanes of at least 4 members (excludes halogenated alkanes) is 6. The molecule has 26 heavy (non-hydrogen) atoms. The van der Waals surface area contributed by atoms with Crippen LogP contribution in [0.1, 0.15) is 80.0 Å². The average Bonchev–Trinajstić information content (AvgIpc) is 2.94. The summed E-state index contributed by atoms with van der Waals surface area (Å²) in [4.78, 5) is 12.8. The van der Waals surface area contributed by atoms with Gasteiger partial charge in [0.15, 0.2) is 17.1 Å². The fourth-order valence-corrected chi connectivity index (χ4v) is 3.42. The number of ketones is 1. The fraction of sp³-hybridized carbons (Fsp3) is 0.591. The molecule has 0 fully saturated rings. The lowest BCUT2D eigenvalue weighted by Gasteiger charge is -2.11. The van der Waals surface area contributed by atoms with Crippen LogP contribution in [0.3, 0.4) is 0 Å². The third-order valence-corrected chi connectivity index (χ3v) is 5.09. The molecule has 0 aliphatic heterocycles. The zero-order chi connectivity index (χ0) is 19.1. The van der Waals surface area contributed by atoms with Gasteiger partial charge >= 0.3 is 0 Å². The molecule has 0 atom stereocenters. The summed E-state index contributed by atoms with van der Waals surface area (Å²) in [6.45, 7) is 6.12. The highest BCUT2D eigenvalue weighted by molar-refractivity contribution is 6.06. The second kappa shape index (κ2) is 9.65. The van der Waals surface area contributed by atoms with E-state index >= 15 is 0 Å². The number of hydrogen-bond donors (Lipinski definition) is 0. The van der Waals surface area contributed by atoms with E-state index in [4.69, 9.17) is 13.9 Å². The maximum Gasteiger partial charge on any atom is 0.180 e. The summed E-state index contributed by atoms with van der Waals surface area (Å²) in [5, 5.41) is 0.884. The van der Waals surface area contributed by atoms with Crippen molar-refractivity contribution in [2.45, 2.75) is 72.1 Å². The van der Waals surface area contributed by atoms with E-state index in [1.165, 1.54) is 32.1 Å². The van der Waals surface area contributed by atoms with Crippen molar-refractivity contribution < 1.29 is 18.7 Å². The van der Waals surface area contributed by atoms with Crippen LogP contribution in [0, 0.1) is 13.8 Å². The first kappa shape index (κ1) is 20.3. The van der Waals surface area contributed by atoms with E-state index < -0.39 is 0 Å². The number of hydrogen-bond acceptors (Lipinski definition) is 4. The van der Waals surface area contributed by atoms with Crippen molar-refractivity contribution in [2.24, 2.45) is 0 Å². The number of aryl methyl sites for hydroxylation is 2. The number of fused-ring (bicyclic) bond motifs is 1. The third-order valence-electron chi connectivity index (χ3n) is 5.09. The molecule has 0 aliphatic carbocycles. The minimum Gasteiger partial charge on any atom is -0.496 e. The maximum absolute atomic E-state index is 12.8. The Kier molecular flexibility index (Phi) is 7.55. The summed E-state index contributed by atoms with van der Waals surface area (Å²) < 4.78 is 17.0. The quantitative estimate of drug-likeness (QED) is 0.344. The molecule has 0 N–H and O–H groups in total. The van der Waals surface area contributed by atoms with Gasteiger partial charge in [0, 0.05) is 12.0 Å². The Hall–Kier alpha value is -1.97. The molecule has 4 heteroatoms. The predicted octanol–water partition coefficient (Wildman–Crippen LogP) is 6.39. The summed E-state index contributed by atoms with van der Waals surface area (Å²) in [6, 6.07) is 1.80. The Morgan fingerprint density at radius 3 is 2.27 bits per heavy atom. The maximum atomic E-state index is 12.8. The molecule has 0 saturated heterocycles. The first-order valence-corrected chi connectivity index (χ1v) is 9.73. The van der Waals surface area contributed by atoms with Crippen LogP contribution in [0.25, 0.3) is 11.0 Å². The molecule has 1 aromatic heterocycles. The van der Waals surface area contributed by atoms with Crippen LogP contribution >= 0.6 is 0 Å². The number of benzene rings is 1. The minimum atomic E-state index is 0.0855. The van der Waals surface area contributed by atoms with Crippen LogP contribution in [-0.2, 0) is 0 Å². The van der Waals surface area contributed by atoms with Crippen LogP contribution in [0.15, 0.2) is 10.5 Å². The first-order valence-electron chi connectivity index (χ1n) is 9.73. The molecule has 1 heterocycles. The SMILES string of the molecule is CCCCCCCCCC(=O)c1cc(OC)c2c(C)c(C)oc2c1OC. The third kappa shape index (κ3) is 4.40. The van der Waals surface area contributed by atoms with Crippen molar-refractivity contribution in [2.75, 3.05) is 14.2 Å². The number of rotatable bonds is 11. The van der Waals surface area contributed by atoms with Gasteiger partial charge < -0.3 is 13.9 Å². The second-order valence-electron chi connectivity index (χ2n) is 6.94. The standard InChI is InChI=1S/C22H32O4/c1-6-7-8-9-10-11-12-13-18(23)17-14-19(24-4)20-15(2)16(3)26-22(20)21(17)25-5/h14H,6-13H2,1-5H3. The second-order valence-corrected chi connectivity index (χ2v) is 6.94. The van der Waals surface area contributed by atoms with Gasteiger partial charge in [-0.2, -0.15) is 0 Å². The zero-order valence-electron chi connectivity index (χ0n) is 16.9. The molecule has 1 aromatic carbocycles. The van der Waals surface area contributed by atoms with Crippen LogP contribution in [-0.4, -0.2) is 20.0 Å². The van der Waals surface area contributed by atoms with Gasteiger partial charge in [-0.25, -0.2) is 0 Å². The minimum absolute atomic E-state index is 0.0855. The molecule has 0 spiro atoms. The van der Waals surface area contributed by atoms with Crippen molar-refractivity contribution in [3.8, 4) is 11.5 Å². The summed E-state index contributed by atoms with van der Waals surface area (Å²) >= 11 is 0. The number of methoxy groups -OCH3 is 2. The highest BCUT2D eigenvalue weighted by atomic mass is 16.5. The van der Waals surface area contributed by atoms with Gasteiger partial charge in [0.05, 0.1) is 25.2 Å². The van der Waals surface area contributed by atoms with Gasteiger partial charge in [-0.1, -0.05) is 45.4 Å². The predicted molar refractivity (Wildman–Crippen MR) is 106 cm³/mol. The highest BCUT2D eigenvalue weighted by Crippen LogP contribution is 2.41. The monoisotopic (exact) mass is 360 g/mol. The Morgan fingerprint density at radius 2 is 1.65 bits per heavy atom. The Balaban J connectivity index is 2.14. The van der Waals surface area contributed by atoms with Crippen molar-refractivity contribution in [3.05, 3.63) is 23.0 Å². The number of furan rings is 1. The number of Topliss-reactive ketones (excluding diaryl/α,β-unsaturated/α-hetero) is 1. The lowest BCUT2D eigenvalue weighted by atomic mass is 10.00. The Morgan fingerprint density at radius 1 is 1.00 bits per heavy atom. The highest BCUT2D eigenvalue weighted by Gasteiger charge is 2.23. The van der Waals surface area contributed by atoms with Gasteiger partial charge in [-0.15, -0.1) is 0 Å². The zero-order valence-corrected chi connectivity index (χ0v) is 16.9. The molecule has 0 bridgehead atoms. The fourth-order valence-electron chi connectivity index (χ4n) is 3.42. The Labute approximate surface area is 156 Å². The van der Waals surface area contributed by atoms with Crippen molar-refractivity contribution in [1.29, 1.82) is 0 Å². The molecule has 0 aliphatic rings. The lowest BCUT2D eigenvalue weighted by Crippen LogP contribution is -2.04. The van der Waals surface area contributed by atoms with E-state index in [1.807, 2.05) is 13.8 Å². The van der Waals surface area contributed by atoms with Crippen LogP contribution in [0.5, 0.6) is 11.5 Å². The smallest absolute Gasteiger partial charge is 0.180 e. The first-order chi connectivity index (χ1) is 12.5. The molecule has 0 radical (unpaired) electrons. The molecule has 0 amide bonds. The van der Waals surface area contributed by atoms with E-state index in [2.05, 4.69) is 6.92 Å². The van der Waals surface area contributed by atoms with E-state index in [1.54, 1.807) is 20.3 Å². The molecule has 4 nitrogen and oxygen atoms in total. The van der Waals surface area contributed by atoms with Crippen molar-refractivity contribution >= 4 is 16.8 Å². The molecule has 2 aromatic rings. The molecule has 2 rings (SSSR count). The van der Waals surface area contributed by atoms with E-state index in [9.17, 15) is 4.79 Å². The summed E-state index contributed by atoms with van der Waals surface area (Å²) in [6.07, 6.45) is 8.84. The number of carbonyl (C=O) groups excluding carboxylic acids is 1. The summed E-state index contributed by atoms with van der Waals surface area (Å²) in [5.41, 5.74) is 2.17. The van der Waals surface area contributed by atoms with Crippen LogP contribution in [0.2, 0.25) is 0 Å². The van der Waals surface area contributed by atoms with E-state index in [-0.39, 0.29) is 5.78 Å². The van der Waals surface area contributed by atoms with Gasteiger partial charge in [0.25, 0.3) is 0 Å². The van der Waals surface area contributed by atoms with Crippen LogP contribution < -0.4 is 9.47 Å². The van der Waals surface area contributed by atoms with Gasteiger partial charge in [0.1, 0.15) is 11.5 Å². The van der Waals surface area contributed by atoms with Gasteiger partial charge in [-0.05, 0) is 26.3 Å². The average molecular weight is 360 g/mol. The molecular weight excluding hydrogens is 328 g/mol. The van der Waals surface area contributed by atoms with Gasteiger partial charge in [0.2, 0.25) is 0 Å². The summed E-state index contributed by atoms with van der Waals surface area (Å²) in [5.74, 6) is 2.08.